The lowest BCUT2D eigenvalue weighted by Gasteiger charge is -2.14. The predicted octanol–water partition coefficient (Wildman–Crippen LogP) is -1.25. The zero-order chi connectivity index (χ0) is 15.2. The van der Waals surface area contributed by atoms with Crippen LogP contribution in [0.3, 0.4) is 0 Å². The molecule has 0 aromatic carbocycles. The molecule has 1 aromatic rings. The van der Waals surface area contributed by atoms with Gasteiger partial charge in [-0.15, -0.1) is 0 Å². The average molecular weight is 304 g/mol. The minimum Gasteiger partial charge on any atom is -0.480 e. The quantitative estimate of drug-likeness (QED) is 0.496. The number of rotatable bonds is 7. The van der Waals surface area contributed by atoms with Gasteiger partial charge in [-0.2, -0.15) is 0 Å². The number of aromatic amines is 1. The van der Waals surface area contributed by atoms with Crippen molar-refractivity contribution in [1.82, 2.24) is 20.6 Å². The number of amides is 2. The molecule has 0 bridgehead atoms. The highest BCUT2D eigenvalue weighted by Crippen LogP contribution is 1.98. The number of aromatic nitrogens is 2. The summed E-state index contributed by atoms with van der Waals surface area (Å²) < 4.78 is 21.8. The number of aliphatic carboxylic acids is 1. The molecule has 9 nitrogen and oxygen atoms in total. The van der Waals surface area contributed by atoms with Gasteiger partial charge in [0.05, 0.1) is 12.1 Å². The summed E-state index contributed by atoms with van der Waals surface area (Å²) >= 11 is 0. The zero-order valence-corrected chi connectivity index (χ0v) is 11.6. The van der Waals surface area contributed by atoms with Gasteiger partial charge in [-0.1, -0.05) is 0 Å². The van der Waals surface area contributed by atoms with E-state index in [2.05, 4.69) is 20.6 Å². The second kappa shape index (κ2) is 6.89. The normalized spacial score (nSPS) is 12.7. The summed E-state index contributed by atoms with van der Waals surface area (Å²) in [5.41, 5.74) is 0.564. The van der Waals surface area contributed by atoms with Crippen molar-refractivity contribution >= 4 is 21.8 Å². The van der Waals surface area contributed by atoms with E-state index < -0.39 is 27.9 Å². The topological polar surface area (TPSA) is 141 Å². The van der Waals surface area contributed by atoms with Crippen LogP contribution in [0.4, 0.5) is 4.79 Å². The maximum atomic E-state index is 11.5. The summed E-state index contributed by atoms with van der Waals surface area (Å²) in [7, 11) is -3.18. The summed E-state index contributed by atoms with van der Waals surface area (Å²) in [6.45, 7) is -0.0823. The molecule has 112 valence electrons. The molecule has 20 heavy (non-hydrogen) atoms. The maximum absolute atomic E-state index is 11.5. The molecule has 0 aliphatic rings. The fourth-order valence-electron chi connectivity index (χ4n) is 1.38. The van der Waals surface area contributed by atoms with Crippen molar-refractivity contribution in [2.24, 2.45) is 0 Å². The van der Waals surface area contributed by atoms with Gasteiger partial charge in [0, 0.05) is 31.1 Å². The second-order valence-corrected chi connectivity index (χ2v) is 6.46. The first-order valence-electron chi connectivity index (χ1n) is 5.70. The number of carbonyl (C=O) groups excluding carboxylic acids is 1. The third kappa shape index (κ3) is 6.18. The highest BCUT2D eigenvalue weighted by Gasteiger charge is 2.20. The lowest BCUT2D eigenvalue weighted by atomic mass is 10.2. The molecular weight excluding hydrogens is 288 g/mol. The van der Waals surface area contributed by atoms with Crippen molar-refractivity contribution in [1.29, 1.82) is 0 Å². The lowest BCUT2D eigenvalue weighted by Crippen LogP contribution is -2.48. The number of hydrogen-bond acceptors (Lipinski definition) is 5. The smallest absolute Gasteiger partial charge is 0.326 e. The molecule has 1 atom stereocenters. The van der Waals surface area contributed by atoms with Gasteiger partial charge in [0.25, 0.3) is 0 Å². The molecule has 2 amide bonds. The van der Waals surface area contributed by atoms with Crippen LogP contribution >= 0.6 is 0 Å². The van der Waals surface area contributed by atoms with E-state index in [0.29, 0.717) is 5.69 Å². The van der Waals surface area contributed by atoms with Crippen LogP contribution in [0.25, 0.3) is 0 Å². The highest BCUT2D eigenvalue weighted by atomic mass is 32.2. The molecule has 0 spiro atoms. The molecule has 0 aliphatic heterocycles. The van der Waals surface area contributed by atoms with E-state index in [1.54, 1.807) is 0 Å². The predicted molar refractivity (Wildman–Crippen MR) is 70.0 cm³/mol. The number of carbonyl (C=O) groups is 2. The van der Waals surface area contributed by atoms with Gasteiger partial charge in [-0.05, 0) is 0 Å². The van der Waals surface area contributed by atoms with Crippen LogP contribution in [0.15, 0.2) is 12.5 Å². The van der Waals surface area contributed by atoms with Crippen molar-refractivity contribution in [3.63, 3.8) is 0 Å². The molecule has 10 heteroatoms. The summed E-state index contributed by atoms with van der Waals surface area (Å²) in [6, 6.07) is -1.87. The molecular formula is C10H16N4O5S. The Hall–Kier alpha value is -2.10. The number of hydrogen-bond donors (Lipinski definition) is 4. The molecule has 1 heterocycles. The van der Waals surface area contributed by atoms with E-state index in [1.807, 2.05) is 0 Å². The van der Waals surface area contributed by atoms with Crippen molar-refractivity contribution in [2.75, 3.05) is 18.6 Å². The fourth-order valence-corrected chi connectivity index (χ4v) is 1.85. The largest absolute Gasteiger partial charge is 0.480 e. The number of urea groups is 1. The van der Waals surface area contributed by atoms with Crippen molar-refractivity contribution in [3.8, 4) is 0 Å². The van der Waals surface area contributed by atoms with E-state index in [1.165, 1.54) is 12.5 Å². The Bertz CT molecular complexity index is 554. The Morgan fingerprint density at radius 2 is 2.20 bits per heavy atom. The number of imidazole rings is 1. The van der Waals surface area contributed by atoms with Crippen LogP contribution in [0, 0.1) is 0 Å². The van der Waals surface area contributed by atoms with Gasteiger partial charge in [0.2, 0.25) is 0 Å². The number of nitrogens with zero attached hydrogens (tertiary/aromatic N) is 1. The van der Waals surface area contributed by atoms with Crippen molar-refractivity contribution < 1.29 is 23.1 Å². The molecule has 1 aromatic heterocycles. The Labute approximate surface area is 115 Å². The number of carboxylic acid groups (broad SMARTS) is 1. The molecule has 0 aliphatic carbocycles. The average Bonchev–Trinajstić information content (AvgIpc) is 2.79. The van der Waals surface area contributed by atoms with E-state index >= 15 is 0 Å². The summed E-state index contributed by atoms with van der Waals surface area (Å²) in [4.78, 5) is 29.0. The van der Waals surface area contributed by atoms with E-state index in [0.717, 1.165) is 6.26 Å². The maximum Gasteiger partial charge on any atom is 0.326 e. The molecule has 4 N–H and O–H groups in total. The zero-order valence-electron chi connectivity index (χ0n) is 10.8. The molecule has 0 radical (unpaired) electrons. The summed E-state index contributed by atoms with van der Waals surface area (Å²) in [5.74, 6) is -1.41. The van der Waals surface area contributed by atoms with Crippen LogP contribution < -0.4 is 10.6 Å². The number of carboxylic acids is 1. The minimum atomic E-state index is -3.18. The van der Waals surface area contributed by atoms with Crippen LogP contribution in [-0.2, 0) is 21.1 Å². The Morgan fingerprint density at radius 1 is 1.50 bits per heavy atom. The lowest BCUT2D eigenvalue weighted by molar-refractivity contribution is -0.139. The number of nitrogens with one attached hydrogen (secondary N) is 3. The van der Waals surface area contributed by atoms with Gasteiger partial charge in [0.1, 0.15) is 15.9 Å². The van der Waals surface area contributed by atoms with Gasteiger partial charge in [0.15, 0.2) is 0 Å². The van der Waals surface area contributed by atoms with Crippen molar-refractivity contribution in [2.45, 2.75) is 12.5 Å². The van der Waals surface area contributed by atoms with Gasteiger partial charge >= 0.3 is 12.0 Å². The standard InChI is InChI=1S/C10H16N4O5S/c1-20(18,19)3-2-12-10(17)14-8(9(15)16)4-7-5-11-6-13-7/h5-6,8H,2-4H2,1H3,(H,11,13)(H,15,16)(H2,12,14,17). The Balaban J connectivity index is 2.45. The van der Waals surface area contributed by atoms with Gasteiger partial charge in [-0.25, -0.2) is 23.0 Å². The Morgan fingerprint density at radius 3 is 2.70 bits per heavy atom. The number of H-pyrrole nitrogens is 1. The van der Waals surface area contributed by atoms with Crippen LogP contribution in [-0.4, -0.2) is 60.1 Å². The molecule has 0 saturated heterocycles. The molecule has 0 fully saturated rings. The first kappa shape index (κ1) is 16.0. The van der Waals surface area contributed by atoms with E-state index in [-0.39, 0.29) is 18.7 Å². The van der Waals surface area contributed by atoms with Crippen LogP contribution in [0.1, 0.15) is 5.69 Å². The summed E-state index contributed by atoms with van der Waals surface area (Å²) in [6.07, 6.45) is 3.96. The molecule has 1 unspecified atom stereocenters. The van der Waals surface area contributed by atoms with E-state index in [4.69, 9.17) is 5.11 Å². The minimum absolute atomic E-state index is 0.0504. The fraction of sp³-hybridized carbons (Fsp3) is 0.500. The SMILES string of the molecule is CS(=O)(=O)CCNC(=O)NC(Cc1cnc[nH]1)C(=O)O. The Kier molecular flexibility index (Phi) is 5.50. The first-order valence-corrected chi connectivity index (χ1v) is 7.76. The monoisotopic (exact) mass is 304 g/mol. The molecule has 0 saturated carbocycles. The number of sulfone groups is 1. The first-order chi connectivity index (χ1) is 9.28. The highest BCUT2D eigenvalue weighted by molar-refractivity contribution is 7.90. The molecule has 1 rings (SSSR count). The third-order valence-corrected chi connectivity index (χ3v) is 3.29. The van der Waals surface area contributed by atoms with Crippen molar-refractivity contribution in [3.05, 3.63) is 18.2 Å². The summed E-state index contributed by atoms with van der Waals surface area (Å²) in [5, 5.41) is 13.5. The van der Waals surface area contributed by atoms with Gasteiger partial charge < -0.3 is 20.7 Å². The van der Waals surface area contributed by atoms with Gasteiger partial charge in [-0.3, -0.25) is 0 Å². The van der Waals surface area contributed by atoms with Crippen LogP contribution in [0.5, 0.6) is 0 Å². The second-order valence-electron chi connectivity index (χ2n) is 4.20. The van der Waals surface area contributed by atoms with Crippen LogP contribution in [0.2, 0.25) is 0 Å². The third-order valence-electron chi connectivity index (χ3n) is 2.34. The van der Waals surface area contributed by atoms with E-state index in [9.17, 15) is 18.0 Å².